The second kappa shape index (κ2) is 4.53. The Bertz CT molecular complexity index is 547. The number of carboxylic acid groups (broad SMARTS) is 1. The highest BCUT2D eigenvalue weighted by molar-refractivity contribution is 8.00. The second-order valence-corrected chi connectivity index (χ2v) is 6.57. The first kappa shape index (κ1) is 13.5. The van der Waals surface area contributed by atoms with Crippen molar-refractivity contribution in [1.29, 1.82) is 0 Å². The summed E-state index contributed by atoms with van der Waals surface area (Å²) in [5.74, 6) is -0.547. The van der Waals surface area contributed by atoms with Crippen molar-refractivity contribution in [2.75, 3.05) is 12.3 Å². The predicted octanol–water partition coefficient (Wildman–Crippen LogP) is 0.362. The summed E-state index contributed by atoms with van der Waals surface area (Å²) in [5.41, 5.74) is 4.77. The van der Waals surface area contributed by atoms with Crippen molar-refractivity contribution in [1.82, 2.24) is 9.47 Å². The van der Waals surface area contributed by atoms with E-state index in [0.717, 1.165) is 0 Å². The lowest BCUT2D eigenvalue weighted by Gasteiger charge is -2.54. The van der Waals surface area contributed by atoms with E-state index in [1.54, 1.807) is 4.90 Å². The van der Waals surface area contributed by atoms with E-state index in [-0.39, 0.29) is 23.9 Å². The number of rotatable bonds is 3. The predicted molar refractivity (Wildman–Crippen MR) is 75.1 cm³/mol. The molecule has 20 heavy (non-hydrogen) atoms. The minimum atomic E-state index is -0.976. The van der Waals surface area contributed by atoms with Crippen LogP contribution in [0.2, 0.25) is 0 Å². The molecule has 0 spiro atoms. The molecule has 1 aromatic heterocycles. The summed E-state index contributed by atoms with van der Waals surface area (Å²) in [6.07, 6.45) is 3.71. The van der Waals surface area contributed by atoms with Crippen LogP contribution < -0.4 is 5.73 Å². The fraction of sp³-hybridized carbons (Fsp3) is 0.538. The second-order valence-electron chi connectivity index (χ2n) is 5.46. The topological polar surface area (TPSA) is 88.6 Å². The lowest BCUT2D eigenvalue weighted by molar-refractivity contribution is -0.159. The first-order valence-electron chi connectivity index (χ1n) is 6.51. The third kappa shape index (κ3) is 1.69. The number of carboxylic acids is 1. The molecule has 4 atom stereocenters. The van der Waals surface area contributed by atoms with E-state index >= 15 is 0 Å². The molecule has 2 saturated heterocycles. The van der Waals surface area contributed by atoms with Gasteiger partial charge in [-0.2, -0.15) is 0 Å². The van der Waals surface area contributed by atoms with Gasteiger partial charge in [0.1, 0.15) is 16.8 Å². The number of aromatic nitrogens is 1. The van der Waals surface area contributed by atoms with E-state index in [1.807, 2.05) is 36.0 Å². The first-order valence-corrected chi connectivity index (χ1v) is 7.56. The fourth-order valence-corrected chi connectivity index (χ4v) is 4.55. The first-order chi connectivity index (χ1) is 9.47. The highest BCUT2D eigenvalue weighted by atomic mass is 32.2. The number of aliphatic carboxylic acids is 1. The van der Waals surface area contributed by atoms with Crippen LogP contribution in [0.4, 0.5) is 0 Å². The number of fused-ring (bicyclic) bond motifs is 1. The van der Waals surface area contributed by atoms with Crippen LogP contribution in [0.15, 0.2) is 24.5 Å². The van der Waals surface area contributed by atoms with E-state index in [9.17, 15) is 14.7 Å². The number of hydrogen-bond donors (Lipinski definition) is 2. The zero-order valence-electron chi connectivity index (χ0n) is 11.1. The van der Waals surface area contributed by atoms with Crippen LogP contribution in [0, 0.1) is 5.41 Å². The zero-order valence-corrected chi connectivity index (χ0v) is 11.9. The molecule has 3 unspecified atom stereocenters. The zero-order chi connectivity index (χ0) is 14.5. The summed E-state index contributed by atoms with van der Waals surface area (Å²) in [6, 6.07) is 3.03. The van der Waals surface area contributed by atoms with Gasteiger partial charge in [0.2, 0.25) is 5.91 Å². The van der Waals surface area contributed by atoms with Crippen molar-refractivity contribution >= 4 is 23.6 Å². The molecule has 0 bridgehead atoms. The van der Waals surface area contributed by atoms with Gasteiger partial charge in [-0.1, -0.05) is 0 Å². The smallest absolute Gasteiger partial charge is 0.314 e. The Hall–Kier alpha value is -1.47. The average Bonchev–Trinajstić information content (AvgIpc) is 2.98. The largest absolute Gasteiger partial charge is 0.481 e. The van der Waals surface area contributed by atoms with Gasteiger partial charge in [0.25, 0.3) is 0 Å². The number of β-lactam (4-membered cyclic amide) rings is 1. The van der Waals surface area contributed by atoms with Crippen LogP contribution in [0.3, 0.4) is 0 Å². The minimum Gasteiger partial charge on any atom is -0.481 e. The van der Waals surface area contributed by atoms with E-state index in [0.29, 0.717) is 5.75 Å². The molecular weight excluding hydrogens is 278 g/mol. The highest BCUT2D eigenvalue weighted by Crippen LogP contribution is 2.46. The standard InChI is InChI=1S/C13H17N3O3S/c1-8(15-4-2-3-5-15)13(12(18)19)6-16-10(17)9(14)11(16)20-7-13/h2-5,8-9,11H,6-7,14H2,1H3,(H,18,19)/t8?,9?,11-,13?/m1/s1. The molecule has 3 heterocycles. The summed E-state index contributed by atoms with van der Waals surface area (Å²) >= 11 is 1.47. The van der Waals surface area contributed by atoms with Crippen LogP contribution in [-0.4, -0.2) is 50.2 Å². The van der Waals surface area contributed by atoms with E-state index < -0.39 is 17.4 Å². The monoisotopic (exact) mass is 295 g/mol. The van der Waals surface area contributed by atoms with Gasteiger partial charge in [0.15, 0.2) is 0 Å². The number of nitrogens with two attached hydrogens (primary N) is 1. The Morgan fingerprint density at radius 2 is 2.20 bits per heavy atom. The maximum absolute atomic E-state index is 11.9. The molecule has 3 N–H and O–H groups in total. The minimum absolute atomic E-state index is 0.0631. The van der Waals surface area contributed by atoms with Crippen LogP contribution in [0.25, 0.3) is 0 Å². The Morgan fingerprint density at radius 1 is 1.55 bits per heavy atom. The van der Waals surface area contributed by atoms with Crippen molar-refractivity contribution in [2.45, 2.75) is 24.4 Å². The molecule has 2 fully saturated rings. The maximum Gasteiger partial charge on any atom is 0.314 e. The van der Waals surface area contributed by atoms with Crippen LogP contribution in [0.5, 0.6) is 0 Å². The number of thioether (sulfide) groups is 1. The highest BCUT2D eigenvalue weighted by Gasteiger charge is 2.57. The normalized spacial score (nSPS) is 34.3. The molecule has 1 aromatic rings. The van der Waals surface area contributed by atoms with E-state index in [4.69, 9.17) is 5.73 Å². The Labute approximate surface area is 120 Å². The number of carbonyl (C=O) groups is 2. The number of hydrogen-bond acceptors (Lipinski definition) is 4. The fourth-order valence-electron chi connectivity index (χ4n) is 2.95. The Balaban J connectivity index is 1.90. The van der Waals surface area contributed by atoms with Gasteiger partial charge in [-0.05, 0) is 19.1 Å². The van der Waals surface area contributed by atoms with Crippen LogP contribution >= 0.6 is 11.8 Å². The number of carbonyl (C=O) groups excluding carboxylic acids is 1. The molecule has 0 aliphatic carbocycles. The molecule has 0 saturated carbocycles. The molecule has 7 heteroatoms. The van der Waals surface area contributed by atoms with Gasteiger partial charge in [-0.3, -0.25) is 9.59 Å². The summed E-state index contributed by atoms with van der Waals surface area (Å²) < 4.78 is 1.89. The van der Waals surface area contributed by atoms with E-state index in [1.165, 1.54) is 11.8 Å². The van der Waals surface area contributed by atoms with Gasteiger partial charge in [0, 0.05) is 30.7 Å². The molecule has 0 radical (unpaired) electrons. The van der Waals surface area contributed by atoms with E-state index in [2.05, 4.69) is 0 Å². The van der Waals surface area contributed by atoms with Gasteiger partial charge in [0.05, 0.1) is 0 Å². The lowest BCUT2D eigenvalue weighted by Crippen LogP contribution is -2.72. The van der Waals surface area contributed by atoms with Gasteiger partial charge < -0.3 is 20.3 Å². The molecule has 0 aromatic carbocycles. The van der Waals surface area contributed by atoms with Crippen LogP contribution in [-0.2, 0) is 9.59 Å². The SMILES string of the molecule is CC(n1cccc1)C1(C(=O)O)CS[C@@H]2C(N)C(=O)N2C1. The van der Waals surface area contributed by atoms with Crippen molar-refractivity contribution in [2.24, 2.45) is 11.1 Å². The van der Waals surface area contributed by atoms with Crippen molar-refractivity contribution < 1.29 is 14.7 Å². The van der Waals surface area contributed by atoms with Gasteiger partial charge in [-0.25, -0.2) is 0 Å². The van der Waals surface area contributed by atoms with Crippen molar-refractivity contribution in [3.63, 3.8) is 0 Å². The number of amides is 1. The Kier molecular flexibility index (Phi) is 3.06. The maximum atomic E-state index is 11.9. The van der Waals surface area contributed by atoms with Gasteiger partial charge in [-0.15, -0.1) is 11.8 Å². The third-order valence-electron chi connectivity index (χ3n) is 4.45. The Morgan fingerprint density at radius 3 is 2.80 bits per heavy atom. The molecule has 1 amide bonds. The molecule has 6 nitrogen and oxygen atoms in total. The number of nitrogens with zero attached hydrogens (tertiary/aromatic N) is 2. The average molecular weight is 295 g/mol. The molecular formula is C13H17N3O3S. The quantitative estimate of drug-likeness (QED) is 0.786. The molecule has 108 valence electrons. The third-order valence-corrected chi connectivity index (χ3v) is 6.02. The van der Waals surface area contributed by atoms with Crippen molar-refractivity contribution in [3.05, 3.63) is 24.5 Å². The molecule has 2 aliphatic rings. The summed E-state index contributed by atoms with van der Waals surface area (Å²) in [4.78, 5) is 25.3. The molecule has 2 aliphatic heterocycles. The van der Waals surface area contributed by atoms with Crippen molar-refractivity contribution in [3.8, 4) is 0 Å². The summed E-state index contributed by atoms with van der Waals surface area (Å²) in [7, 11) is 0. The van der Waals surface area contributed by atoms with Gasteiger partial charge >= 0.3 is 5.97 Å². The summed E-state index contributed by atoms with van der Waals surface area (Å²) in [5, 5.41) is 9.68. The lowest BCUT2D eigenvalue weighted by atomic mass is 9.80. The van der Waals surface area contributed by atoms with Crippen LogP contribution in [0.1, 0.15) is 13.0 Å². The molecule has 3 rings (SSSR count). The summed E-state index contributed by atoms with van der Waals surface area (Å²) in [6.45, 7) is 2.12.